The molecule has 0 aliphatic heterocycles. The Morgan fingerprint density at radius 1 is 1.16 bits per heavy atom. The summed E-state index contributed by atoms with van der Waals surface area (Å²) in [5.41, 5.74) is 0.708. The third-order valence-corrected chi connectivity index (χ3v) is 4.30. The zero-order valence-electron chi connectivity index (χ0n) is 13.8. The molecule has 0 radical (unpaired) electrons. The highest BCUT2D eigenvalue weighted by Gasteiger charge is 2.19. The molecule has 1 atom stereocenters. The molecular formula is C17H16BrNO6. The number of halogens is 1. The molecular weight excluding hydrogens is 394 g/mol. The van der Waals surface area contributed by atoms with E-state index in [1.54, 1.807) is 19.1 Å². The first-order valence-corrected chi connectivity index (χ1v) is 8.03. The standard InChI is InChI=1S/C17H16BrNO6/c1-10(11-5-4-6-13(7-11)19(21)22)25-17(20)12-8-14(23-2)16(18)15(9-12)24-3/h4-10H,1-3H3/t10-/m1/s1. The largest absolute Gasteiger partial charge is 0.495 e. The Bertz CT molecular complexity index is 782. The van der Waals surface area contributed by atoms with E-state index in [0.717, 1.165) is 0 Å². The predicted octanol–water partition coefficient (Wildman–Crippen LogP) is 4.29. The average Bonchev–Trinajstić information content (AvgIpc) is 2.61. The zero-order chi connectivity index (χ0) is 18.6. The van der Waals surface area contributed by atoms with Crippen LogP contribution in [0.2, 0.25) is 0 Å². The second kappa shape index (κ2) is 7.98. The molecule has 2 aromatic rings. The van der Waals surface area contributed by atoms with Crippen LogP contribution >= 0.6 is 15.9 Å². The molecule has 132 valence electrons. The summed E-state index contributed by atoms with van der Waals surface area (Å²) in [5, 5.41) is 10.9. The molecule has 0 saturated heterocycles. The van der Waals surface area contributed by atoms with Crippen molar-refractivity contribution < 1.29 is 23.9 Å². The van der Waals surface area contributed by atoms with E-state index in [0.29, 0.717) is 21.5 Å². The number of hydrogen-bond donors (Lipinski definition) is 0. The Hall–Kier alpha value is -2.61. The van der Waals surface area contributed by atoms with Crippen LogP contribution in [0.1, 0.15) is 28.9 Å². The maximum Gasteiger partial charge on any atom is 0.339 e. The molecule has 7 nitrogen and oxygen atoms in total. The Labute approximate surface area is 152 Å². The maximum atomic E-state index is 12.4. The van der Waals surface area contributed by atoms with E-state index in [1.807, 2.05) is 0 Å². The lowest BCUT2D eigenvalue weighted by Crippen LogP contribution is -2.10. The van der Waals surface area contributed by atoms with Crippen molar-refractivity contribution in [3.8, 4) is 11.5 Å². The van der Waals surface area contributed by atoms with Gasteiger partial charge in [0.05, 0.1) is 24.7 Å². The van der Waals surface area contributed by atoms with E-state index < -0.39 is 17.0 Å². The van der Waals surface area contributed by atoms with E-state index in [-0.39, 0.29) is 11.3 Å². The molecule has 0 N–H and O–H groups in total. The maximum absolute atomic E-state index is 12.4. The highest BCUT2D eigenvalue weighted by atomic mass is 79.9. The van der Waals surface area contributed by atoms with Gasteiger partial charge in [-0.25, -0.2) is 4.79 Å². The summed E-state index contributed by atoms with van der Waals surface area (Å²) < 4.78 is 16.4. The van der Waals surface area contributed by atoms with Gasteiger partial charge in [0.1, 0.15) is 22.1 Å². The molecule has 0 amide bonds. The predicted molar refractivity (Wildman–Crippen MR) is 94.2 cm³/mol. The van der Waals surface area contributed by atoms with Crippen LogP contribution in [-0.4, -0.2) is 25.1 Å². The molecule has 0 fully saturated rings. The van der Waals surface area contributed by atoms with E-state index in [2.05, 4.69) is 15.9 Å². The van der Waals surface area contributed by atoms with Crippen molar-refractivity contribution in [2.75, 3.05) is 14.2 Å². The second-order valence-corrected chi connectivity index (χ2v) is 5.89. The van der Waals surface area contributed by atoms with Gasteiger partial charge in [0.15, 0.2) is 0 Å². The lowest BCUT2D eigenvalue weighted by atomic mass is 10.1. The highest BCUT2D eigenvalue weighted by molar-refractivity contribution is 9.10. The summed E-state index contributed by atoms with van der Waals surface area (Å²) in [6.07, 6.45) is -0.659. The van der Waals surface area contributed by atoms with Crippen LogP contribution in [0, 0.1) is 10.1 Å². The topological polar surface area (TPSA) is 87.9 Å². The van der Waals surface area contributed by atoms with E-state index >= 15 is 0 Å². The molecule has 0 aliphatic rings. The first-order chi connectivity index (χ1) is 11.9. The van der Waals surface area contributed by atoms with Crippen molar-refractivity contribution in [2.24, 2.45) is 0 Å². The number of nitro groups is 1. The number of ether oxygens (including phenoxy) is 3. The smallest absolute Gasteiger partial charge is 0.339 e. The summed E-state index contributed by atoms with van der Waals surface area (Å²) in [4.78, 5) is 22.8. The minimum absolute atomic E-state index is 0.0626. The SMILES string of the molecule is COc1cc(C(=O)O[C@H](C)c2cccc([N+](=O)[O-])c2)cc(OC)c1Br. The number of carbonyl (C=O) groups excluding carboxylic acids is 1. The second-order valence-electron chi connectivity index (χ2n) is 5.09. The van der Waals surface area contributed by atoms with Crippen LogP contribution in [0.4, 0.5) is 5.69 Å². The van der Waals surface area contributed by atoms with Gasteiger partial charge in [-0.3, -0.25) is 10.1 Å². The van der Waals surface area contributed by atoms with Crippen molar-refractivity contribution in [2.45, 2.75) is 13.0 Å². The van der Waals surface area contributed by atoms with Gasteiger partial charge >= 0.3 is 5.97 Å². The van der Waals surface area contributed by atoms with E-state index in [9.17, 15) is 14.9 Å². The summed E-state index contributed by atoms with van der Waals surface area (Å²) in [6, 6.07) is 9.00. The minimum Gasteiger partial charge on any atom is -0.495 e. The van der Waals surface area contributed by atoms with Gasteiger partial charge in [0.25, 0.3) is 5.69 Å². The summed E-state index contributed by atoms with van der Waals surface area (Å²) in [5.74, 6) is 0.256. The van der Waals surface area contributed by atoms with Gasteiger partial charge in [-0.05, 0) is 40.5 Å². The molecule has 8 heteroatoms. The first kappa shape index (κ1) is 18.7. The van der Waals surface area contributed by atoms with Crippen molar-refractivity contribution in [1.29, 1.82) is 0 Å². The zero-order valence-corrected chi connectivity index (χ0v) is 15.4. The minimum atomic E-state index is -0.659. The van der Waals surface area contributed by atoms with Crippen LogP contribution < -0.4 is 9.47 Å². The highest BCUT2D eigenvalue weighted by Crippen LogP contribution is 2.36. The molecule has 2 rings (SSSR count). The fourth-order valence-corrected chi connectivity index (χ4v) is 2.73. The summed E-state index contributed by atoms with van der Waals surface area (Å²) >= 11 is 3.33. The monoisotopic (exact) mass is 409 g/mol. The van der Waals surface area contributed by atoms with Crippen molar-refractivity contribution >= 4 is 27.6 Å². The van der Waals surface area contributed by atoms with Gasteiger partial charge in [-0.15, -0.1) is 0 Å². The number of rotatable bonds is 6. The molecule has 25 heavy (non-hydrogen) atoms. The van der Waals surface area contributed by atoms with Gasteiger partial charge in [0, 0.05) is 12.1 Å². The summed E-state index contributed by atoms with van der Waals surface area (Å²) in [7, 11) is 2.95. The van der Waals surface area contributed by atoms with E-state index in [1.165, 1.54) is 38.5 Å². The number of non-ortho nitro benzene ring substituents is 1. The van der Waals surface area contributed by atoms with Crippen LogP contribution in [0.5, 0.6) is 11.5 Å². The number of benzene rings is 2. The van der Waals surface area contributed by atoms with Gasteiger partial charge in [-0.2, -0.15) is 0 Å². The quantitative estimate of drug-likeness (QED) is 0.401. The Kier molecular flexibility index (Phi) is 5.97. The molecule has 0 bridgehead atoms. The molecule has 0 spiro atoms. The molecule has 2 aromatic carbocycles. The lowest BCUT2D eigenvalue weighted by molar-refractivity contribution is -0.385. The molecule has 0 saturated carbocycles. The molecule has 0 unspecified atom stereocenters. The Morgan fingerprint density at radius 3 is 2.28 bits per heavy atom. The Balaban J connectivity index is 2.24. The fraction of sp³-hybridized carbons (Fsp3) is 0.235. The van der Waals surface area contributed by atoms with Crippen molar-refractivity contribution in [1.82, 2.24) is 0 Å². The number of nitro benzene ring substituents is 1. The third kappa shape index (κ3) is 4.27. The number of hydrogen-bond acceptors (Lipinski definition) is 6. The molecule has 0 heterocycles. The number of methoxy groups -OCH3 is 2. The van der Waals surface area contributed by atoms with Gasteiger partial charge < -0.3 is 14.2 Å². The van der Waals surface area contributed by atoms with Crippen molar-refractivity contribution in [3.05, 3.63) is 62.1 Å². The number of carbonyl (C=O) groups is 1. The lowest BCUT2D eigenvalue weighted by Gasteiger charge is -2.15. The number of esters is 1. The van der Waals surface area contributed by atoms with Crippen molar-refractivity contribution in [3.63, 3.8) is 0 Å². The van der Waals surface area contributed by atoms with E-state index in [4.69, 9.17) is 14.2 Å². The third-order valence-electron chi connectivity index (χ3n) is 3.52. The van der Waals surface area contributed by atoms with Crippen LogP contribution in [0.15, 0.2) is 40.9 Å². The van der Waals surface area contributed by atoms with Gasteiger partial charge in [0.2, 0.25) is 0 Å². The number of nitrogens with zero attached hydrogens (tertiary/aromatic N) is 1. The van der Waals surface area contributed by atoms with Crippen LogP contribution in [0.3, 0.4) is 0 Å². The first-order valence-electron chi connectivity index (χ1n) is 7.24. The average molecular weight is 410 g/mol. The fourth-order valence-electron chi connectivity index (χ4n) is 2.18. The van der Waals surface area contributed by atoms with Gasteiger partial charge in [-0.1, -0.05) is 12.1 Å². The molecule has 0 aromatic heterocycles. The van der Waals surface area contributed by atoms with Crippen LogP contribution in [0.25, 0.3) is 0 Å². The normalized spacial score (nSPS) is 11.5. The van der Waals surface area contributed by atoms with Crippen LogP contribution in [-0.2, 0) is 4.74 Å². The summed E-state index contributed by atoms with van der Waals surface area (Å²) in [6.45, 7) is 1.64. The Morgan fingerprint density at radius 2 is 1.76 bits per heavy atom. The molecule has 0 aliphatic carbocycles.